The standard InChI is InChI=1S/C28H23ClN4O2S/c29-27-25(21-16-22(18-31-17-21)36(30,34)35)24-13-7-12-23(20-10-5-2-6-11-20)26(24)28(33-27)32-15-14-19-8-3-1-4-9-19/h1-13,16-18H,14-15H2,(H,32,33)(H2,30,34,35). The largest absolute Gasteiger partial charge is 0.369 e. The molecule has 0 aliphatic heterocycles. The molecule has 0 saturated heterocycles. The smallest absolute Gasteiger partial charge is 0.239 e. The van der Waals surface area contributed by atoms with Crippen LogP contribution in [0.4, 0.5) is 5.82 Å². The topological polar surface area (TPSA) is 98.0 Å². The molecule has 0 fully saturated rings. The molecule has 36 heavy (non-hydrogen) atoms. The van der Waals surface area contributed by atoms with Crippen LogP contribution in [0.1, 0.15) is 5.56 Å². The Morgan fingerprint density at radius 1 is 0.861 bits per heavy atom. The molecule has 5 rings (SSSR count). The lowest BCUT2D eigenvalue weighted by Crippen LogP contribution is -2.12. The number of rotatable bonds is 7. The van der Waals surface area contributed by atoms with Crippen molar-refractivity contribution >= 4 is 38.2 Å². The molecule has 6 nitrogen and oxygen atoms in total. The van der Waals surface area contributed by atoms with Crippen LogP contribution in [0.25, 0.3) is 33.0 Å². The number of benzene rings is 3. The van der Waals surface area contributed by atoms with Gasteiger partial charge < -0.3 is 5.32 Å². The minimum Gasteiger partial charge on any atom is -0.369 e. The number of fused-ring (bicyclic) bond motifs is 1. The van der Waals surface area contributed by atoms with Gasteiger partial charge in [-0.1, -0.05) is 90.5 Å². The average Bonchev–Trinajstić information content (AvgIpc) is 2.89. The molecule has 0 atom stereocenters. The summed E-state index contributed by atoms with van der Waals surface area (Å²) in [6.45, 7) is 0.660. The summed E-state index contributed by atoms with van der Waals surface area (Å²) in [6, 6.07) is 27.7. The van der Waals surface area contributed by atoms with Crippen LogP contribution < -0.4 is 10.5 Å². The lowest BCUT2D eigenvalue weighted by Gasteiger charge is -2.17. The van der Waals surface area contributed by atoms with Crippen LogP contribution in [-0.2, 0) is 16.4 Å². The van der Waals surface area contributed by atoms with Gasteiger partial charge in [-0.15, -0.1) is 0 Å². The van der Waals surface area contributed by atoms with Crippen molar-refractivity contribution in [2.45, 2.75) is 11.3 Å². The maximum atomic E-state index is 12.0. The molecule has 0 saturated carbocycles. The summed E-state index contributed by atoms with van der Waals surface area (Å²) in [6.07, 6.45) is 3.60. The predicted octanol–water partition coefficient (Wildman–Crippen LogP) is 5.92. The zero-order valence-electron chi connectivity index (χ0n) is 19.2. The number of primary sulfonamides is 1. The van der Waals surface area contributed by atoms with E-state index in [0.717, 1.165) is 28.3 Å². The number of nitrogens with two attached hydrogens (primary N) is 1. The number of sulfonamides is 1. The fourth-order valence-corrected chi connectivity index (χ4v) is 5.07. The van der Waals surface area contributed by atoms with E-state index < -0.39 is 10.0 Å². The van der Waals surface area contributed by atoms with E-state index in [4.69, 9.17) is 21.7 Å². The molecule has 180 valence electrons. The van der Waals surface area contributed by atoms with E-state index >= 15 is 0 Å². The van der Waals surface area contributed by atoms with Crippen molar-refractivity contribution in [3.63, 3.8) is 0 Å². The van der Waals surface area contributed by atoms with E-state index in [-0.39, 0.29) is 10.0 Å². The summed E-state index contributed by atoms with van der Waals surface area (Å²) in [5.74, 6) is 0.657. The highest BCUT2D eigenvalue weighted by Crippen LogP contribution is 2.41. The van der Waals surface area contributed by atoms with Gasteiger partial charge in [0.15, 0.2) is 0 Å². The van der Waals surface area contributed by atoms with Crippen LogP contribution in [0.5, 0.6) is 0 Å². The number of halogens is 1. The Bertz CT molecular complexity index is 1640. The Morgan fingerprint density at radius 2 is 1.58 bits per heavy atom. The van der Waals surface area contributed by atoms with E-state index in [1.807, 2.05) is 66.7 Å². The molecule has 8 heteroatoms. The minimum absolute atomic E-state index is 0.0894. The SMILES string of the molecule is NS(=O)(=O)c1cncc(-c2c(Cl)nc(NCCc3ccccc3)c3c(-c4ccccc4)cccc23)c1. The van der Waals surface area contributed by atoms with Crippen molar-refractivity contribution in [1.82, 2.24) is 9.97 Å². The van der Waals surface area contributed by atoms with E-state index in [9.17, 15) is 8.42 Å². The second kappa shape index (κ2) is 10.1. The highest BCUT2D eigenvalue weighted by molar-refractivity contribution is 7.89. The summed E-state index contributed by atoms with van der Waals surface area (Å²) >= 11 is 6.74. The van der Waals surface area contributed by atoms with Crippen molar-refractivity contribution in [3.05, 3.63) is 108 Å². The molecule has 0 unspecified atom stereocenters. The Hall–Kier alpha value is -3.78. The Balaban J connectivity index is 1.68. The first-order chi connectivity index (χ1) is 17.4. The molecular formula is C28H23ClN4O2S. The quantitative estimate of drug-likeness (QED) is 0.263. The van der Waals surface area contributed by atoms with Gasteiger partial charge in [-0.2, -0.15) is 0 Å². The van der Waals surface area contributed by atoms with Gasteiger partial charge in [0, 0.05) is 35.5 Å². The number of hydrogen-bond acceptors (Lipinski definition) is 5. The molecule has 0 bridgehead atoms. The van der Waals surface area contributed by atoms with Crippen molar-refractivity contribution in [1.29, 1.82) is 0 Å². The van der Waals surface area contributed by atoms with Crippen LogP contribution in [0.15, 0.2) is 102 Å². The summed E-state index contributed by atoms with van der Waals surface area (Å²) in [5.41, 5.74) is 4.34. The first-order valence-electron chi connectivity index (χ1n) is 11.4. The van der Waals surface area contributed by atoms with Crippen LogP contribution in [0.3, 0.4) is 0 Å². The molecule has 3 aromatic carbocycles. The summed E-state index contributed by atoms with van der Waals surface area (Å²) in [7, 11) is -3.94. The molecule has 2 aromatic heterocycles. The number of pyridine rings is 2. The van der Waals surface area contributed by atoms with E-state index in [2.05, 4.69) is 22.4 Å². The van der Waals surface area contributed by atoms with Crippen molar-refractivity contribution < 1.29 is 8.42 Å². The molecule has 5 aromatic rings. The number of nitrogens with zero attached hydrogens (tertiary/aromatic N) is 2. The fourth-order valence-electron chi connectivity index (χ4n) is 4.28. The average molecular weight is 515 g/mol. The van der Waals surface area contributed by atoms with Gasteiger partial charge >= 0.3 is 0 Å². The zero-order valence-corrected chi connectivity index (χ0v) is 20.8. The Labute approximate surface area is 214 Å². The van der Waals surface area contributed by atoms with E-state index in [1.54, 1.807) is 6.20 Å². The predicted molar refractivity (Wildman–Crippen MR) is 145 cm³/mol. The highest BCUT2D eigenvalue weighted by Gasteiger charge is 2.19. The summed E-state index contributed by atoms with van der Waals surface area (Å²) < 4.78 is 23.9. The molecule has 0 amide bonds. The first-order valence-corrected chi connectivity index (χ1v) is 13.3. The third-order valence-electron chi connectivity index (χ3n) is 5.95. The zero-order chi connectivity index (χ0) is 25.1. The Kier molecular flexibility index (Phi) is 6.69. The van der Waals surface area contributed by atoms with Crippen molar-refractivity contribution in [2.75, 3.05) is 11.9 Å². The Morgan fingerprint density at radius 3 is 2.31 bits per heavy atom. The third kappa shape index (κ3) is 4.95. The molecule has 3 N–H and O–H groups in total. The molecule has 2 heterocycles. The minimum atomic E-state index is -3.94. The van der Waals surface area contributed by atoms with Gasteiger partial charge in [0.1, 0.15) is 15.9 Å². The van der Waals surface area contributed by atoms with E-state index in [0.29, 0.717) is 23.5 Å². The van der Waals surface area contributed by atoms with Crippen LogP contribution >= 0.6 is 11.6 Å². The van der Waals surface area contributed by atoms with Gasteiger partial charge in [-0.25, -0.2) is 18.5 Å². The molecular weight excluding hydrogens is 492 g/mol. The van der Waals surface area contributed by atoms with Gasteiger partial charge in [0.25, 0.3) is 0 Å². The molecule has 0 aliphatic rings. The van der Waals surface area contributed by atoms with Gasteiger partial charge in [0.05, 0.1) is 0 Å². The lowest BCUT2D eigenvalue weighted by molar-refractivity contribution is 0.597. The first kappa shape index (κ1) is 23.9. The summed E-state index contributed by atoms with van der Waals surface area (Å²) in [5, 5.41) is 10.8. The van der Waals surface area contributed by atoms with E-state index in [1.165, 1.54) is 17.8 Å². The second-order valence-electron chi connectivity index (χ2n) is 8.34. The highest BCUT2D eigenvalue weighted by atomic mass is 35.5. The maximum Gasteiger partial charge on any atom is 0.239 e. The monoisotopic (exact) mass is 514 g/mol. The number of anilines is 1. The molecule has 0 radical (unpaired) electrons. The van der Waals surface area contributed by atoms with Gasteiger partial charge in [0.2, 0.25) is 10.0 Å². The van der Waals surface area contributed by atoms with Gasteiger partial charge in [-0.05, 0) is 34.6 Å². The normalized spacial score (nSPS) is 11.5. The van der Waals surface area contributed by atoms with Crippen LogP contribution in [-0.4, -0.2) is 24.9 Å². The van der Waals surface area contributed by atoms with Crippen molar-refractivity contribution in [3.8, 4) is 22.3 Å². The van der Waals surface area contributed by atoms with Crippen LogP contribution in [0.2, 0.25) is 5.15 Å². The maximum absolute atomic E-state index is 12.0. The van der Waals surface area contributed by atoms with Crippen molar-refractivity contribution in [2.24, 2.45) is 5.14 Å². The summed E-state index contributed by atoms with van der Waals surface area (Å²) in [4.78, 5) is 8.74. The number of nitrogens with one attached hydrogen (secondary N) is 1. The van der Waals surface area contributed by atoms with Gasteiger partial charge in [-0.3, -0.25) is 4.98 Å². The lowest BCUT2D eigenvalue weighted by atomic mass is 9.94. The second-order valence-corrected chi connectivity index (χ2v) is 10.3. The molecule has 0 aliphatic carbocycles. The number of aromatic nitrogens is 2. The fraction of sp³-hybridized carbons (Fsp3) is 0.0714. The van der Waals surface area contributed by atoms with Crippen LogP contribution in [0, 0.1) is 0 Å². The molecule has 0 spiro atoms. The number of hydrogen-bond donors (Lipinski definition) is 2. The third-order valence-corrected chi connectivity index (χ3v) is 7.10.